The number of nitrogens with one attached hydrogen (secondary N) is 1. The number of rotatable bonds is 2. The third kappa shape index (κ3) is 2.96. The number of alkyl halides is 3. The van der Waals surface area contributed by atoms with Crippen LogP contribution in [0.2, 0.25) is 0 Å². The number of aromatic nitrogens is 2. The summed E-state index contributed by atoms with van der Waals surface area (Å²) in [6.45, 7) is 0. The van der Waals surface area contributed by atoms with Crippen LogP contribution in [0.4, 0.5) is 18.3 Å². The fraction of sp³-hybridized carbons (Fsp3) is 0.0625. The number of benzene rings is 2. The molecule has 9 heteroatoms. The van der Waals surface area contributed by atoms with Crippen LogP contribution in [0.25, 0.3) is 20.4 Å². The van der Waals surface area contributed by atoms with E-state index in [0.29, 0.717) is 10.6 Å². The fourth-order valence-electron chi connectivity index (χ4n) is 2.37. The number of fused-ring (bicyclic) bond motifs is 3. The minimum Gasteiger partial charge on any atom is -0.298 e. The zero-order valence-corrected chi connectivity index (χ0v) is 13.9. The van der Waals surface area contributed by atoms with E-state index in [0.717, 1.165) is 27.0 Å². The molecule has 0 aliphatic carbocycles. The van der Waals surface area contributed by atoms with Crippen LogP contribution in [0.1, 0.15) is 15.9 Å². The Balaban J connectivity index is 1.66. The predicted octanol–water partition coefficient (Wildman–Crippen LogP) is 5.18. The maximum Gasteiger partial charge on any atom is 0.416 e. The van der Waals surface area contributed by atoms with Crippen molar-refractivity contribution in [1.82, 2.24) is 9.97 Å². The summed E-state index contributed by atoms with van der Waals surface area (Å²) >= 11 is 2.74. The second-order valence-electron chi connectivity index (χ2n) is 5.16. The zero-order valence-electron chi connectivity index (χ0n) is 12.3. The maximum atomic E-state index is 12.8. The molecule has 0 aliphatic heterocycles. The van der Waals surface area contributed by atoms with Gasteiger partial charge in [-0.3, -0.25) is 10.1 Å². The van der Waals surface area contributed by atoms with Crippen LogP contribution in [0, 0.1) is 0 Å². The van der Waals surface area contributed by atoms with Crippen LogP contribution in [0.15, 0.2) is 41.9 Å². The van der Waals surface area contributed by atoms with Crippen molar-refractivity contribution >= 4 is 54.1 Å². The molecule has 2 aromatic carbocycles. The Labute approximate surface area is 147 Å². The second kappa shape index (κ2) is 5.78. The highest BCUT2D eigenvalue weighted by molar-refractivity contribution is 7.24. The van der Waals surface area contributed by atoms with Crippen molar-refractivity contribution in [2.45, 2.75) is 6.18 Å². The van der Waals surface area contributed by atoms with Gasteiger partial charge in [-0.1, -0.05) is 17.4 Å². The molecule has 4 aromatic rings. The van der Waals surface area contributed by atoms with Crippen molar-refractivity contribution in [3.05, 3.63) is 53.0 Å². The molecule has 2 aromatic heterocycles. The van der Waals surface area contributed by atoms with E-state index in [1.807, 2.05) is 12.1 Å². The van der Waals surface area contributed by atoms with Crippen molar-refractivity contribution in [2.75, 3.05) is 5.32 Å². The van der Waals surface area contributed by atoms with E-state index in [1.54, 1.807) is 5.51 Å². The minimum absolute atomic E-state index is 0.0760. The van der Waals surface area contributed by atoms with Crippen molar-refractivity contribution in [3.63, 3.8) is 0 Å². The van der Waals surface area contributed by atoms with Gasteiger partial charge in [0.1, 0.15) is 5.52 Å². The van der Waals surface area contributed by atoms with Gasteiger partial charge in [0, 0.05) is 5.56 Å². The molecule has 4 rings (SSSR count). The third-order valence-corrected chi connectivity index (χ3v) is 5.32. The molecule has 2 heterocycles. The first-order valence-corrected chi connectivity index (χ1v) is 8.73. The van der Waals surface area contributed by atoms with Crippen LogP contribution in [0.5, 0.6) is 0 Å². The van der Waals surface area contributed by atoms with Gasteiger partial charge in [-0.2, -0.15) is 13.2 Å². The molecule has 4 nitrogen and oxygen atoms in total. The van der Waals surface area contributed by atoms with E-state index < -0.39 is 17.6 Å². The van der Waals surface area contributed by atoms with E-state index >= 15 is 0 Å². The molecule has 1 amide bonds. The summed E-state index contributed by atoms with van der Waals surface area (Å²) in [6, 6.07) is 8.00. The summed E-state index contributed by atoms with van der Waals surface area (Å²) in [6.07, 6.45) is -4.50. The van der Waals surface area contributed by atoms with E-state index in [9.17, 15) is 18.0 Å². The molecule has 0 radical (unpaired) electrons. The van der Waals surface area contributed by atoms with Crippen molar-refractivity contribution in [3.8, 4) is 0 Å². The number of nitrogens with zero attached hydrogens (tertiary/aromatic N) is 2. The normalized spacial score (nSPS) is 12.0. The molecule has 0 saturated heterocycles. The van der Waals surface area contributed by atoms with Gasteiger partial charge in [0.05, 0.1) is 26.0 Å². The topological polar surface area (TPSA) is 54.9 Å². The molecule has 25 heavy (non-hydrogen) atoms. The maximum absolute atomic E-state index is 12.8. The van der Waals surface area contributed by atoms with Gasteiger partial charge in [-0.05, 0) is 30.3 Å². The first-order valence-electron chi connectivity index (χ1n) is 7.03. The summed E-state index contributed by atoms with van der Waals surface area (Å²) in [5, 5.41) is 2.88. The zero-order chi connectivity index (χ0) is 17.6. The molecule has 0 aliphatic rings. The molecular formula is C16H8F3N3OS2. The lowest BCUT2D eigenvalue weighted by molar-refractivity contribution is -0.137. The summed E-state index contributed by atoms with van der Waals surface area (Å²) in [7, 11) is 0. The largest absolute Gasteiger partial charge is 0.416 e. The number of halogens is 3. The molecule has 0 unspecified atom stereocenters. The van der Waals surface area contributed by atoms with Crippen LogP contribution < -0.4 is 5.32 Å². The van der Waals surface area contributed by atoms with Gasteiger partial charge in [-0.15, -0.1) is 11.3 Å². The van der Waals surface area contributed by atoms with Gasteiger partial charge in [-0.25, -0.2) is 9.97 Å². The molecule has 0 spiro atoms. The van der Waals surface area contributed by atoms with Crippen LogP contribution in [0.3, 0.4) is 0 Å². The lowest BCUT2D eigenvalue weighted by atomic mass is 10.1. The van der Waals surface area contributed by atoms with Crippen molar-refractivity contribution < 1.29 is 18.0 Å². The molecule has 0 atom stereocenters. The standard InChI is InChI=1S/C16H8F3N3OS2/c17-16(18,19)9-3-1-2-8(6-9)14(23)22-15-21-10-4-5-11-12(13(10)25-15)20-7-24-11/h1-7H,(H,21,22,23). The molecule has 0 fully saturated rings. The molecule has 1 N–H and O–H groups in total. The van der Waals surface area contributed by atoms with Gasteiger partial charge < -0.3 is 0 Å². The lowest BCUT2D eigenvalue weighted by Gasteiger charge is -2.08. The molecular weight excluding hydrogens is 371 g/mol. The van der Waals surface area contributed by atoms with E-state index in [2.05, 4.69) is 15.3 Å². The summed E-state index contributed by atoms with van der Waals surface area (Å²) < 4.78 is 40.1. The number of hydrogen-bond acceptors (Lipinski definition) is 5. The monoisotopic (exact) mass is 379 g/mol. The van der Waals surface area contributed by atoms with E-state index in [4.69, 9.17) is 0 Å². The SMILES string of the molecule is O=C(Nc1nc2ccc3scnc3c2s1)c1cccc(C(F)(F)F)c1. The average molecular weight is 379 g/mol. The number of anilines is 1. The smallest absolute Gasteiger partial charge is 0.298 e. The van der Waals surface area contributed by atoms with Gasteiger partial charge in [0.2, 0.25) is 0 Å². The predicted molar refractivity (Wildman–Crippen MR) is 92.2 cm³/mol. The number of amides is 1. The first kappa shape index (κ1) is 16.0. The second-order valence-corrected chi connectivity index (χ2v) is 7.05. The van der Waals surface area contributed by atoms with E-state index in [-0.39, 0.29) is 5.56 Å². The van der Waals surface area contributed by atoms with Gasteiger partial charge >= 0.3 is 6.18 Å². The highest BCUT2D eigenvalue weighted by Gasteiger charge is 2.31. The quantitative estimate of drug-likeness (QED) is 0.522. The molecule has 0 saturated carbocycles. The minimum atomic E-state index is -4.50. The highest BCUT2D eigenvalue weighted by Crippen LogP contribution is 2.34. The summed E-state index contributed by atoms with van der Waals surface area (Å²) in [5.74, 6) is -0.639. The number of carbonyl (C=O) groups is 1. The van der Waals surface area contributed by atoms with Crippen molar-refractivity contribution in [1.29, 1.82) is 0 Å². The molecule has 126 valence electrons. The Hall–Kier alpha value is -2.52. The number of thiazole rings is 2. The Bertz CT molecular complexity index is 1100. The van der Waals surface area contributed by atoms with E-state index in [1.165, 1.54) is 34.8 Å². The van der Waals surface area contributed by atoms with Crippen LogP contribution in [-0.2, 0) is 6.18 Å². The Morgan fingerprint density at radius 3 is 2.80 bits per heavy atom. The number of carbonyl (C=O) groups excluding carboxylic acids is 1. The van der Waals surface area contributed by atoms with Crippen LogP contribution in [-0.4, -0.2) is 15.9 Å². The highest BCUT2D eigenvalue weighted by atomic mass is 32.1. The number of hydrogen-bond donors (Lipinski definition) is 1. The molecule has 0 bridgehead atoms. The average Bonchev–Trinajstić information content (AvgIpc) is 3.19. The third-order valence-electron chi connectivity index (χ3n) is 3.53. The summed E-state index contributed by atoms with van der Waals surface area (Å²) in [4.78, 5) is 20.9. The van der Waals surface area contributed by atoms with Gasteiger partial charge in [0.25, 0.3) is 5.91 Å². The van der Waals surface area contributed by atoms with Crippen LogP contribution >= 0.6 is 22.7 Å². The first-order chi connectivity index (χ1) is 11.9. The Morgan fingerprint density at radius 1 is 1.16 bits per heavy atom. The Kier molecular flexibility index (Phi) is 3.69. The van der Waals surface area contributed by atoms with Crippen molar-refractivity contribution in [2.24, 2.45) is 0 Å². The fourth-order valence-corrected chi connectivity index (χ4v) is 4.08. The van der Waals surface area contributed by atoms with Gasteiger partial charge in [0.15, 0.2) is 5.13 Å². The Morgan fingerprint density at radius 2 is 2.00 bits per heavy atom. The lowest BCUT2D eigenvalue weighted by Crippen LogP contribution is -2.13. The summed E-state index contributed by atoms with van der Waals surface area (Å²) in [5.41, 5.74) is 2.27.